The first-order chi connectivity index (χ1) is 11.3. The highest BCUT2D eigenvalue weighted by Crippen LogP contribution is 2.27. The molecule has 6 heteroatoms. The highest BCUT2D eigenvalue weighted by atomic mass is 16.5. The molecule has 0 saturated carbocycles. The Balaban J connectivity index is 1.89. The van der Waals surface area contributed by atoms with Crippen LogP contribution in [0.1, 0.15) is 18.9 Å². The Bertz CT molecular complexity index is 619. The van der Waals surface area contributed by atoms with Crippen LogP contribution >= 0.6 is 0 Å². The number of nitrogens with one attached hydrogen (secondary N) is 2. The van der Waals surface area contributed by atoms with E-state index < -0.39 is 0 Å². The number of ether oxygens (including phenoxy) is 2. The molecule has 124 valence electrons. The Morgan fingerprint density at radius 2 is 1.61 bits per heavy atom. The minimum absolute atomic E-state index is 0.742. The Hall–Kier alpha value is -2.50. The number of aromatic nitrogens is 2. The normalized spacial score (nSPS) is 10.2. The fraction of sp³-hybridized carbons (Fsp3) is 0.412. The molecule has 2 N–H and O–H groups in total. The summed E-state index contributed by atoms with van der Waals surface area (Å²) in [6.45, 7) is 3.80. The zero-order valence-electron chi connectivity index (χ0n) is 13.9. The largest absolute Gasteiger partial charge is 0.493 e. The first kappa shape index (κ1) is 16.9. The van der Waals surface area contributed by atoms with Gasteiger partial charge < -0.3 is 20.1 Å². The van der Waals surface area contributed by atoms with Crippen molar-refractivity contribution in [3.63, 3.8) is 0 Å². The van der Waals surface area contributed by atoms with Gasteiger partial charge in [0, 0.05) is 19.2 Å². The molecule has 0 aliphatic carbocycles. The van der Waals surface area contributed by atoms with E-state index in [0.717, 1.165) is 49.1 Å². The van der Waals surface area contributed by atoms with Crippen LogP contribution in [0.2, 0.25) is 0 Å². The number of hydrogen-bond donors (Lipinski definition) is 2. The van der Waals surface area contributed by atoms with Crippen LogP contribution in [0.5, 0.6) is 11.5 Å². The van der Waals surface area contributed by atoms with Crippen molar-refractivity contribution in [2.45, 2.75) is 19.8 Å². The Kier molecular flexibility index (Phi) is 6.47. The maximum Gasteiger partial charge on any atom is 0.160 e. The van der Waals surface area contributed by atoms with Gasteiger partial charge in [-0.1, -0.05) is 13.0 Å². The fourth-order valence-electron chi connectivity index (χ4n) is 2.17. The monoisotopic (exact) mass is 316 g/mol. The van der Waals surface area contributed by atoms with Gasteiger partial charge in [-0.05, 0) is 30.5 Å². The van der Waals surface area contributed by atoms with E-state index >= 15 is 0 Å². The maximum absolute atomic E-state index is 5.32. The van der Waals surface area contributed by atoms with Gasteiger partial charge >= 0.3 is 0 Å². The summed E-state index contributed by atoms with van der Waals surface area (Å²) in [6, 6.07) is 7.88. The van der Waals surface area contributed by atoms with Crippen molar-refractivity contribution < 1.29 is 9.47 Å². The van der Waals surface area contributed by atoms with Gasteiger partial charge in [0.15, 0.2) is 11.5 Å². The molecule has 2 aromatic rings. The van der Waals surface area contributed by atoms with Crippen molar-refractivity contribution in [1.29, 1.82) is 0 Å². The number of anilines is 2. The minimum atomic E-state index is 0.742. The van der Waals surface area contributed by atoms with E-state index in [9.17, 15) is 0 Å². The van der Waals surface area contributed by atoms with Crippen LogP contribution < -0.4 is 20.1 Å². The highest BCUT2D eigenvalue weighted by molar-refractivity contribution is 5.47. The minimum Gasteiger partial charge on any atom is -0.493 e. The van der Waals surface area contributed by atoms with Gasteiger partial charge in [-0.25, -0.2) is 9.97 Å². The molecule has 0 unspecified atom stereocenters. The summed E-state index contributed by atoms with van der Waals surface area (Å²) < 4.78 is 10.6. The third-order valence-electron chi connectivity index (χ3n) is 3.39. The molecule has 0 amide bonds. The van der Waals surface area contributed by atoms with E-state index in [4.69, 9.17) is 9.47 Å². The first-order valence-corrected chi connectivity index (χ1v) is 7.77. The van der Waals surface area contributed by atoms with Crippen LogP contribution in [0.15, 0.2) is 30.6 Å². The molecule has 0 saturated heterocycles. The van der Waals surface area contributed by atoms with Crippen LogP contribution in [0, 0.1) is 0 Å². The summed E-state index contributed by atoms with van der Waals surface area (Å²) in [5, 5.41) is 6.56. The van der Waals surface area contributed by atoms with E-state index in [2.05, 4.69) is 27.5 Å². The lowest BCUT2D eigenvalue weighted by Crippen LogP contribution is -2.08. The zero-order valence-corrected chi connectivity index (χ0v) is 13.9. The van der Waals surface area contributed by atoms with E-state index in [0.29, 0.717) is 0 Å². The van der Waals surface area contributed by atoms with Crippen LogP contribution in [-0.4, -0.2) is 37.3 Å². The van der Waals surface area contributed by atoms with E-state index in [1.165, 1.54) is 5.56 Å². The van der Waals surface area contributed by atoms with Crippen molar-refractivity contribution in [2.75, 3.05) is 37.9 Å². The summed E-state index contributed by atoms with van der Waals surface area (Å²) in [7, 11) is 3.28. The lowest BCUT2D eigenvalue weighted by atomic mass is 10.1. The first-order valence-electron chi connectivity index (χ1n) is 7.77. The van der Waals surface area contributed by atoms with Crippen molar-refractivity contribution in [2.24, 2.45) is 0 Å². The highest BCUT2D eigenvalue weighted by Gasteiger charge is 2.04. The molecular weight excluding hydrogens is 292 g/mol. The molecule has 23 heavy (non-hydrogen) atoms. The van der Waals surface area contributed by atoms with Gasteiger partial charge in [-0.2, -0.15) is 0 Å². The third-order valence-corrected chi connectivity index (χ3v) is 3.39. The predicted octanol–water partition coefficient (Wildman–Crippen LogP) is 2.97. The molecule has 1 aromatic carbocycles. The number of nitrogens with zero attached hydrogens (tertiary/aromatic N) is 2. The molecule has 0 atom stereocenters. The molecule has 0 aliphatic heterocycles. The van der Waals surface area contributed by atoms with Gasteiger partial charge in [0.25, 0.3) is 0 Å². The summed E-state index contributed by atoms with van der Waals surface area (Å²) in [5.74, 6) is 3.15. The van der Waals surface area contributed by atoms with Gasteiger partial charge in [0.1, 0.15) is 18.0 Å². The topological polar surface area (TPSA) is 68.3 Å². The molecule has 0 fully saturated rings. The van der Waals surface area contributed by atoms with Gasteiger partial charge in [-0.15, -0.1) is 0 Å². The second-order valence-electron chi connectivity index (χ2n) is 5.08. The van der Waals surface area contributed by atoms with Crippen LogP contribution in [0.4, 0.5) is 11.6 Å². The Labute approximate surface area is 137 Å². The summed E-state index contributed by atoms with van der Waals surface area (Å²) in [5.41, 5.74) is 1.17. The van der Waals surface area contributed by atoms with Crippen LogP contribution in [0.25, 0.3) is 0 Å². The van der Waals surface area contributed by atoms with E-state index in [1.807, 2.05) is 24.3 Å². The zero-order chi connectivity index (χ0) is 16.5. The summed E-state index contributed by atoms with van der Waals surface area (Å²) in [6.07, 6.45) is 3.49. The van der Waals surface area contributed by atoms with Crippen molar-refractivity contribution >= 4 is 11.6 Å². The summed E-state index contributed by atoms with van der Waals surface area (Å²) >= 11 is 0. The lowest BCUT2D eigenvalue weighted by Gasteiger charge is -2.11. The lowest BCUT2D eigenvalue weighted by molar-refractivity contribution is 0.354. The standard InChI is InChI=1S/C17H24N4O2/c1-4-8-18-16-11-17(21-12-20-16)19-9-7-13-5-6-14(22-2)15(10-13)23-3/h5-6,10-12H,4,7-9H2,1-3H3,(H2,18,19,20,21). The van der Waals surface area contributed by atoms with Gasteiger partial charge in [-0.3, -0.25) is 0 Å². The average molecular weight is 316 g/mol. The molecule has 1 heterocycles. The molecule has 1 aromatic heterocycles. The number of hydrogen-bond acceptors (Lipinski definition) is 6. The van der Waals surface area contributed by atoms with Crippen molar-refractivity contribution in [3.05, 3.63) is 36.2 Å². The molecule has 0 spiro atoms. The second-order valence-corrected chi connectivity index (χ2v) is 5.08. The second kappa shape index (κ2) is 8.82. The Morgan fingerprint density at radius 1 is 0.913 bits per heavy atom. The Morgan fingerprint density at radius 3 is 2.26 bits per heavy atom. The SMILES string of the molecule is CCCNc1cc(NCCc2ccc(OC)c(OC)c2)ncn1. The molecular formula is C17H24N4O2. The molecule has 2 rings (SSSR count). The predicted molar refractivity (Wildman–Crippen MR) is 92.6 cm³/mol. The van der Waals surface area contributed by atoms with Crippen molar-refractivity contribution in [1.82, 2.24) is 9.97 Å². The smallest absolute Gasteiger partial charge is 0.160 e. The van der Waals surface area contributed by atoms with E-state index in [1.54, 1.807) is 20.5 Å². The summed E-state index contributed by atoms with van der Waals surface area (Å²) in [4.78, 5) is 8.43. The molecule has 0 aliphatic rings. The van der Waals surface area contributed by atoms with E-state index in [-0.39, 0.29) is 0 Å². The average Bonchev–Trinajstić information content (AvgIpc) is 2.60. The molecule has 6 nitrogen and oxygen atoms in total. The van der Waals surface area contributed by atoms with Gasteiger partial charge in [0.2, 0.25) is 0 Å². The quantitative estimate of drug-likeness (QED) is 0.741. The van der Waals surface area contributed by atoms with Crippen molar-refractivity contribution in [3.8, 4) is 11.5 Å². The fourth-order valence-corrected chi connectivity index (χ4v) is 2.17. The van der Waals surface area contributed by atoms with Crippen LogP contribution in [0.3, 0.4) is 0 Å². The van der Waals surface area contributed by atoms with Gasteiger partial charge in [0.05, 0.1) is 14.2 Å². The number of methoxy groups -OCH3 is 2. The molecule has 0 bridgehead atoms. The number of rotatable bonds is 9. The molecule has 0 radical (unpaired) electrons. The number of benzene rings is 1. The maximum atomic E-state index is 5.32. The third kappa shape index (κ3) is 5.02. The van der Waals surface area contributed by atoms with Crippen LogP contribution in [-0.2, 0) is 6.42 Å².